The lowest BCUT2D eigenvalue weighted by atomic mass is 10.1. The lowest BCUT2D eigenvalue weighted by molar-refractivity contribution is 0.0561. The third kappa shape index (κ3) is 6.42. The summed E-state index contributed by atoms with van der Waals surface area (Å²) in [7, 11) is 0. The maximum Gasteiger partial charge on any atom is 0.414 e. The van der Waals surface area contributed by atoms with Crippen molar-refractivity contribution in [2.75, 3.05) is 0 Å². The monoisotopic (exact) mass is 293 g/mol. The van der Waals surface area contributed by atoms with Crippen LogP contribution in [0.15, 0.2) is 29.3 Å². The predicted octanol–water partition coefficient (Wildman–Crippen LogP) is 1.72. The fourth-order valence-corrected chi connectivity index (χ4v) is 1.43. The Morgan fingerprint density at radius 2 is 2.05 bits per heavy atom. The lowest BCUT2D eigenvalue weighted by Crippen LogP contribution is -2.40. The number of nitrogens with zero attached hydrogens (tertiary/aromatic N) is 1. The molecule has 0 bridgehead atoms. The Balaban J connectivity index is 2.62. The van der Waals surface area contributed by atoms with Crippen LogP contribution < -0.4 is 11.1 Å². The van der Waals surface area contributed by atoms with Crippen molar-refractivity contribution in [3.05, 3.63) is 35.4 Å². The number of aromatic carboxylic acids is 1. The van der Waals surface area contributed by atoms with E-state index in [1.807, 2.05) is 0 Å². The highest BCUT2D eigenvalue weighted by molar-refractivity contribution is 5.93. The van der Waals surface area contributed by atoms with Gasteiger partial charge in [-0.15, -0.1) is 0 Å². The summed E-state index contributed by atoms with van der Waals surface area (Å²) in [6.45, 7) is 5.36. The Hall–Kier alpha value is -2.57. The minimum atomic E-state index is -1.01. The Labute approximate surface area is 122 Å². The minimum absolute atomic E-state index is 0.0926. The molecule has 0 radical (unpaired) electrons. The van der Waals surface area contributed by atoms with Crippen LogP contribution in [0.25, 0.3) is 0 Å². The van der Waals surface area contributed by atoms with E-state index in [2.05, 4.69) is 10.3 Å². The Morgan fingerprint density at radius 1 is 1.38 bits per heavy atom. The van der Waals surface area contributed by atoms with Crippen LogP contribution in [0.1, 0.15) is 36.7 Å². The smallest absolute Gasteiger partial charge is 0.414 e. The molecule has 1 amide bonds. The number of alkyl carbamates (subject to hydrolysis) is 1. The Kier molecular flexibility index (Phi) is 5.29. The van der Waals surface area contributed by atoms with Crippen molar-refractivity contribution in [3.63, 3.8) is 0 Å². The van der Waals surface area contributed by atoms with Gasteiger partial charge in [-0.05, 0) is 38.5 Å². The summed E-state index contributed by atoms with van der Waals surface area (Å²) in [5, 5.41) is 11.2. The molecule has 1 aromatic carbocycles. The second kappa shape index (κ2) is 6.74. The van der Waals surface area contributed by atoms with Crippen LogP contribution in [-0.2, 0) is 11.3 Å². The highest BCUT2D eigenvalue weighted by Crippen LogP contribution is 2.07. The fourth-order valence-electron chi connectivity index (χ4n) is 1.43. The number of carbonyl (C=O) groups excluding carboxylic acids is 1. The van der Waals surface area contributed by atoms with E-state index in [-0.39, 0.29) is 18.1 Å². The van der Waals surface area contributed by atoms with Gasteiger partial charge in [0.25, 0.3) is 0 Å². The molecule has 1 rings (SSSR count). The van der Waals surface area contributed by atoms with Gasteiger partial charge in [0.2, 0.25) is 0 Å². The first-order valence-corrected chi connectivity index (χ1v) is 6.29. The third-order valence-corrected chi connectivity index (χ3v) is 2.23. The average Bonchev–Trinajstić information content (AvgIpc) is 2.34. The number of carboxylic acid groups (broad SMARTS) is 1. The maximum absolute atomic E-state index is 11.5. The largest absolute Gasteiger partial charge is 0.478 e. The Bertz CT molecular complexity index is 562. The van der Waals surface area contributed by atoms with Gasteiger partial charge in [-0.25, -0.2) is 14.6 Å². The number of nitrogens with two attached hydrogens (primary N) is 1. The van der Waals surface area contributed by atoms with Gasteiger partial charge < -0.3 is 15.6 Å². The first-order chi connectivity index (χ1) is 9.67. The quantitative estimate of drug-likeness (QED) is 0.580. The highest BCUT2D eigenvalue weighted by atomic mass is 16.6. The van der Waals surface area contributed by atoms with Gasteiger partial charge in [0.15, 0.2) is 5.96 Å². The van der Waals surface area contributed by atoms with Crippen LogP contribution >= 0.6 is 0 Å². The van der Waals surface area contributed by atoms with E-state index in [4.69, 9.17) is 15.6 Å². The Morgan fingerprint density at radius 3 is 2.62 bits per heavy atom. The zero-order valence-corrected chi connectivity index (χ0v) is 12.2. The number of benzene rings is 1. The topological polar surface area (TPSA) is 114 Å². The lowest BCUT2D eigenvalue weighted by Gasteiger charge is -2.19. The molecule has 0 fully saturated rings. The molecular weight excluding hydrogens is 274 g/mol. The van der Waals surface area contributed by atoms with E-state index in [1.54, 1.807) is 32.9 Å². The maximum atomic E-state index is 11.5. The molecule has 1 aromatic rings. The third-order valence-electron chi connectivity index (χ3n) is 2.23. The number of rotatable bonds is 3. The molecular formula is C14H19N3O4. The van der Waals surface area contributed by atoms with E-state index in [9.17, 15) is 9.59 Å². The molecule has 0 aromatic heterocycles. The van der Waals surface area contributed by atoms with Gasteiger partial charge in [-0.2, -0.15) is 0 Å². The molecule has 0 aliphatic carbocycles. The molecule has 7 heteroatoms. The summed E-state index contributed by atoms with van der Waals surface area (Å²) in [5.74, 6) is -1.11. The van der Waals surface area contributed by atoms with Crippen LogP contribution in [0.5, 0.6) is 0 Å². The number of hydrogen-bond acceptors (Lipinski definition) is 4. The number of carbonyl (C=O) groups is 2. The summed E-state index contributed by atoms with van der Waals surface area (Å²) in [4.78, 5) is 26.2. The van der Waals surface area contributed by atoms with Crippen molar-refractivity contribution >= 4 is 18.0 Å². The number of nitrogens with one attached hydrogen (secondary N) is 1. The summed E-state index contributed by atoms with van der Waals surface area (Å²) in [5.41, 5.74) is 5.77. The molecule has 0 saturated carbocycles. The summed E-state index contributed by atoms with van der Waals surface area (Å²) in [6, 6.07) is 6.31. The van der Waals surface area contributed by atoms with Crippen LogP contribution in [0.2, 0.25) is 0 Å². The number of hydrogen-bond donors (Lipinski definition) is 3. The molecule has 0 atom stereocenters. The molecule has 0 heterocycles. The zero-order valence-electron chi connectivity index (χ0n) is 12.2. The first kappa shape index (κ1) is 16.5. The van der Waals surface area contributed by atoms with Crippen LogP contribution in [-0.4, -0.2) is 28.7 Å². The van der Waals surface area contributed by atoms with Crippen LogP contribution in [0.4, 0.5) is 4.79 Å². The van der Waals surface area contributed by atoms with E-state index in [1.165, 1.54) is 12.1 Å². The molecule has 0 unspecified atom stereocenters. The molecule has 0 spiro atoms. The van der Waals surface area contributed by atoms with Gasteiger partial charge in [-0.1, -0.05) is 12.1 Å². The summed E-state index contributed by atoms with van der Waals surface area (Å²) in [6.07, 6.45) is -0.692. The summed E-state index contributed by atoms with van der Waals surface area (Å²) >= 11 is 0. The molecule has 0 aliphatic heterocycles. The average molecular weight is 293 g/mol. The van der Waals surface area contributed by atoms with Crippen molar-refractivity contribution in [3.8, 4) is 0 Å². The van der Waals surface area contributed by atoms with Gasteiger partial charge >= 0.3 is 12.1 Å². The predicted molar refractivity (Wildman–Crippen MR) is 78.1 cm³/mol. The SMILES string of the molecule is CC(C)(C)OC(=O)NC(N)=NCc1cccc(C(=O)O)c1. The standard InChI is InChI=1S/C14H19N3O4/c1-14(2,3)21-13(20)17-12(15)16-8-9-5-4-6-10(7-9)11(18)19/h4-7H,8H2,1-3H3,(H,18,19)(H3,15,16,17,20). The van der Waals surface area contributed by atoms with E-state index in [0.717, 1.165) is 0 Å². The van der Waals surface area contributed by atoms with Crippen LogP contribution in [0.3, 0.4) is 0 Å². The van der Waals surface area contributed by atoms with E-state index in [0.29, 0.717) is 5.56 Å². The van der Waals surface area contributed by atoms with Gasteiger partial charge in [0, 0.05) is 0 Å². The van der Waals surface area contributed by atoms with Gasteiger partial charge in [0.05, 0.1) is 12.1 Å². The van der Waals surface area contributed by atoms with Crippen molar-refractivity contribution in [1.29, 1.82) is 0 Å². The van der Waals surface area contributed by atoms with Crippen molar-refractivity contribution < 1.29 is 19.4 Å². The number of amides is 1. The number of ether oxygens (including phenoxy) is 1. The van der Waals surface area contributed by atoms with E-state index < -0.39 is 17.7 Å². The first-order valence-electron chi connectivity index (χ1n) is 6.29. The highest BCUT2D eigenvalue weighted by Gasteiger charge is 2.16. The number of guanidine groups is 1. The van der Waals surface area contributed by atoms with Gasteiger partial charge in [0.1, 0.15) is 5.60 Å². The fraction of sp³-hybridized carbons (Fsp3) is 0.357. The number of carboxylic acids is 1. The van der Waals surface area contributed by atoms with Gasteiger partial charge in [-0.3, -0.25) is 5.32 Å². The second-order valence-electron chi connectivity index (χ2n) is 5.33. The molecule has 21 heavy (non-hydrogen) atoms. The van der Waals surface area contributed by atoms with Crippen molar-refractivity contribution in [1.82, 2.24) is 5.32 Å². The summed E-state index contributed by atoms with van der Waals surface area (Å²) < 4.78 is 5.02. The molecule has 0 saturated heterocycles. The van der Waals surface area contributed by atoms with Crippen molar-refractivity contribution in [2.24, 2.45) is 10.7 Å². The number of aliphatic imine (C=N–C) groups is 1. The molecule has 0 aliphatic rings. The molecule has 7 nitrogen and oxygen atoms in total. The normalized spacial score (nSPS) is 11.9. The second-order valence-corrected chi connectivity index (χ2v) is 5.33. The molecule has 4 N–H and O–H groups in total. The van der Waals surface area contributed by atoms with Crippen LogP contribution in [0, 0.1) is 0 Å². The minimum Gasteiger partial charge on any atom is -0.478 e. The van der Waals surface area contributed by atoms with E-state index >= 15 is 0 Å². The van der Waals surface area contributed by atoms with Crippen molar-refractivity contribution in [2.45, 2.75) is 32.9 Å². The molecule has 114 valence electrons. The zero-order chi connectivity index (χ0) is 16.0.